The van der Waals surface area contributed by atoms with E-state index in [0.29, 0.717) is 0 Å². The fourth-order valence-corrected chi connectivity index (χ4v) is 4.93. The highest BCUT2D eigenvalue weighted by atomic mass is 16.5. The summed E-state index contributed by atoms with van der Waals surface area (Å²) < 4.78 is 26.5. The first-order valence-electron chi connectivity index (χ1n) is 10.1. The molecule has 2 heterocycles. The van der Waals surface area contributed by atoms with Crippen LogP contribution in [0.15, 0.2) is 30.6 Å². The summed E-state index contributed by atoms with van der Waals surface area (Å²) in [6.07, 6.45) is 0. The first-order valence-corrected chi connectivity index (χ1v) is 10.1. The van der Waals surface area contributed by atoms with Crippen molar-refractivity contribution < 1.29 is 37.7 Å². The van der Waals surface area contributed by atoms with E-state index in [-0.39, 0.29) is 34.1 Å². The molecule has 33 heavy (non-hydrogen) atoms. The van der Waals surface area contributed by atoms with Gasteiger partial charge in [0.25, 0.3) is 0 Å². The van der Waals surface area contributed by atoms with Crippen molar-refractivity contribution in [3.05, 3.63) is 55.6 Å². The van der Waals surface area contributed by atoms with E-state index >= 15 is 0 Å². The topological polar surface area (TPSA) is 142 Å². The van der Waals surface area contributed by atoms with E-state index in [1.807, 2.05) is 0 Å². The van der Waals surface area contributed by atoms with Gasteiger partial charge >= 0.3 is 23.2 Å². The number of aliphatic carboxylic acids is 1. The minimum Gasteiger partial charge on any atom is -0.496 e. The van der Waals surface area contributed by atoms with Gasteiger partial charge in [0.2, 0.25) is 0 Å². The predicted molar refractivity (Wildman–Crippen MR) is 114 cm³/mol. The van der Waals surface area contributed by atoms with Crippen molar-refractivity contribution in [1.29, 1.82) is 0 Å². The van der Waals surface area contributed by atoms with Crippen LogP contribution in [-0.2, 0) is 25.2 Å². The Hall–Kier alpha value is -3.56. The summed E-state index contributed by atoms with van der Waals surface area (Å²) >= 11 is 0. The molecule has 0 radical (unpaired) electrons. The Morgan fingerprint density at radius 3 is 1.58 bits per heavy atom. The Morgan fingerprint density at radius 1 is 0.848 bits per heavy atom. The molecule has 2 aromatic heterocycles. The number of hydrogen-bond acceptors (Lipinski definition) is 9. The molecular formula is C23H26O10. The van der Waals surface area contributed by atoms with Crippen molar-refractivity contribution in [2.24, 2.45) is 11.8 Å². The zero-order valence-corrected chi connectivity index (χ0v) is 19.4. The van der Waals surface area contributed by atoms with Crippen molar-refractivity contribution in [3.63, 3.8) is 0 Å². The molecule has 1 fully saturated rings. The van der Waals surface area contributed by atoms with E-state index in [1.165, 1.54) is 47.1 Å². The molecule has 10 nitrogen and oxygen atoms in total. The third-order valence-electron chi connectivity index (χ3n) is 7.12. The molecule has 4 atom stereocenters. The van der Waals surface area contributed by atoms with Crippen molar-refractivity contribution in [2.45, 2.75) is 38.5 Å². The van der Waals surface area contributed by atoms with Crippen molar-refractivity contribution in [2.75, 3.05) is 21.3 Å². The molecule has 1 N–H and O–H groups in total. The maximum Gasteiger partial charge on any atom is 0.342 e. The monoisotopic (exact) mass is 462 g/mol. The lowest BCUT2D eigenvalue weighted by atomic mass is 9.37. The van der Waals surface area contributed by atoms with E-state index in [4.69, 9.17) is 23.0 Å². The van der Waals surface area contributed by atoms with Crippen molar-refractivity contribution in [1.82, 2.24) is 0 Å². The van der Waals surface area contributed by atoms with Crippen LogP contribution < -0.4 is 20.7 Å². The maximum absolute atomic E-state index is 12.8. The fraction of sp³-hybridized carbons (Fsp3) is 0.478. The number of methoxy groups -OCH3 is 3. The molecule has 0 spiro atoms. The smallest absolute Gasteiger partial charge is 0.342 e. The van der Waals surface area contributed by atoms with Crippen LogP contribution in [0.25, 0.3) is 0 Å². The van der Waals surface area contributed by atoms with Crippen LogP contribution in [0.5, 0.6) is 11.5 Å². The van der Waals surface area contributed by atoms with Gasteiger partial charge < -0.3 is 28.2 Å². The van der Waals surface area contributed by atoms with E-state index in [1.54, 1.807) is 6.92 Å². The lowest BCUT2D eigenvalue weighted by Crippen LogP contribution is -2.72. The zero-order chi connectivity index (χ0) is 24.9. The van der Waals surface area contributed by atoms with Crippen molar-refractivity contribution >= 4 is 11.9 Å². The summed E-state index contributed by atoms with van der Waals surface area (Å²) in [5, 5.41) is 10.1. The van der Waals surface area contributed by atoms with Crippen LogP contribution in [-0.4, -0.2) is 38.4 Å². The number of carboxylic acid groups (broad SMARTS) is 1. The number of hydrogen-bond donors (Lipinski definition) is 1. The minimum absolute atomic E-state index is 0.00691. The molecular weight excluding hydrogens is 436 g/mol. The van der Waals surface area contributed by atoms with Crippen LogP contribution in [0.4, 0.5) is 0 Å². The average Bonchev–Trinajstić information content (AvgIpc) is 2.78. The molecule has 0 amide bonds. The van der Waals surface area contributed by atoms with Crippen molar-refractivity contribution in [3.8, 4) is 11.5 Å². The molecule has 0 aliphatic heterocycles. The SMILES string of the molecule is COC(=O)[C@@H]1[C@H](C(=O)O)[C@@](C)(c2cc(OC)c(C)c(=O)o2)[C@@]1(C)c1cc(OC)c(C)c(=O)o1. The maximum atomic E-state index is 12.8. The molecule has 178 valence electrons. The predicted octanol–water partition coefficient (Wildman–Crippen LogP) is 1.95. The van der Waals surface area contributed by atoms with Crippen LogP contribution >= 0.6 is 0 Å². The normalized spacial score (nSPS) is 26.3. The fourth-order valence-electron chi connectivity index (χ4n) is 4.93. The lowest BCUT2D eigenvalue weighted by molar-refractivity contribution is -0.188. The number of esters is 1. The Bertz CT molecular complexity index is 1240. The largest absolute Gasteiger partial charge is 0.496 e. The Morgan fingerprint density at radius 2 is 1.24 bits per heavy atom. The van der Waals surface area contributed by atoms with E-state index in [0.717, 1.165) is 7.11 Å². The average molecular weight is 462 g/mol. The van der Waals surface area contributed by atoms with Gasteiger partial charge in [0.15, 0.2) is 0 Å². The highest BCUT2D eigenvalue weighted by molar-refractivity contribution is 5.88. The summed E-state index contributed by atoms with van der Waals surface area (Å²) in [5.74, 6) is -4.41. The summed E-state index contributed by atoms with van der Waals surface area (Å²) in [6.45, 7) is 6.11. The molecule has 0 saturated heterocycles. The quantitative estimate of drug-likeness (QED) is 0.633. The third-order valence-corrected chi connectivity index (χ3v) is 7.12. The summed E-state index contributed by atoms with van der Waals surface area (Å²) in [7, 11) is 3.87. The van der Waals surface area contributed by atoms with Gasteiger partial charge in [-0.2, -0.15) is 0 Å². The van der Waals surface area contributed by atoms with Gasteiger partial charge in [0.05, 0.1) is 55.1 Å². The second kappa shape index (κ2) is 8.09. The van der Waals surface area contributed by atoms with E-state index in [2.05, 4.69) is 0 Å². The Balaban J connectivity index is 2.42. The number of carbonyl (C=O) groups is 2. The van der Waals surface area contributed by atoms with Gasteiger partial charge in [0.1, 0.15) is 23.0 Å². The zero-order valence-electron chi connectivity index (χ0n) is 19.4. The van der Waals surface area contributed by atoms with Gasteiger partial charge in [-0.25, -0.2) is 9.59 Å². The summed E-state index contributed by atoms with van der Waals surface area (Å²) in [6, 6.07) is 2.86. The first-order chi connectivity index (χ1) is 15.4. The van der Waals surface area contributed by atoms with E-state index in [9.17, 15) is 24.3 Å². The van der Waals surface area contributed by atoms with Gasteiger partial charge in [-0.1, -0.05) is 13.8 Å². The number of ether oxygens (including phenoxy) is 3. The molecule has 1 aliphatic carbocycles. The molecule has 3 rings (SSSR count). The molecule has 1 aliphatic rings. The van der Waals surface area contributed by atoms with Crippen LogP contribution in [0, 0.1) is 25.7 Å². The highest BCUT2D eigenvalue weighted by Crippen LogP contribution is 2.66. The molecule has 0 bridgehead atoms. The van der Waals surface area contributed by atoms with Gasteiger partial charge in [-0.05, 0) is 13.8 Å². The lowest BCUT2D eigenvalue weighted by Gasteiger charge is -2.62. The molecule has 2 aromatic rings. The van der Waals surface area contributed by atoms with E-state index < -0.39 is 45.9 Å². The third kappa shape index (κ3) is 3.15. The second-order valence-electron chi connectivity index (χ2n) is 8.40. The van der Waals surface area contributed by atoms with Crippen LogP contribution in [0.1, 0.15) is 36.5 Å². The number of carboxylic acids is 1. The number of rotatable bonds is 6. The summed E-state index contributed by atoms with van der Waals surface area (Å²) in [4.78, 5) is 50.3. The van der Waals surface area contributed by atoms with Gasteiger partial charge in [0, 0.05) is 12.1 Å². The minimum atomic E-state index is -1.52. The second-order valence-corrected chi connectivity index (χ2v) is 8.40. The van der Waals surface area contributed by atoms with Crippen LogP contribution in [0.2, 0.25) is 0 Å². The van der Waals surface area contributed by atoms with Gasteiger partial charge in [-0.15, -0.1) is 0 Å². The highest BCUT2D eigenvalue weighted by Gasteiger charge is 2.76. The molecule has 0 unspecified atom stereocenters. The summed E-state index contributed by atoms with van der Waals surface area (Å²) in [5.41, 5.74) is -4.02. The van der Waals surface area contributed by atoms with Crippen LogP contribution in [0.3, 0.4) is 0 Å². The first kappa shape index (κ1) is 24.1. The Labute approximate surface area is 189 Å². The Kier molecular flexibility index (Phi) is 5.91. The molecule has 0 aromatic carbocycles. The number of carbonyl (C=O) groups excluding carboxylic acids is 1. The van der Waals surface area contributed by atoms with Gasteiger partial charge in [-0.3, -0.25) is 9.59 Å². The standard InChI is InChI=1S/C23H26O10/c1-10-12(29-5)8-14(32-19(10)26)22(3)16(18(24)25)17(21(28)31-7)23(22,4)15-9-13(30-6)11(2)20(27)33-15/h8-9,16-17H,1-7H3,(H,24,25)/t16-,17+,22-,23+/m1/s1. The molecule has 10 heteroatoms. The molecule has 1 saturated carbocycles.